The van der Waals surface area contributed by atoms with Crippen LogP contribution in [-0.2, 0) is 11.2 Å². The van der Waals surface area contributed by atoms with Crippen molar-refractivity contribution in [1.82, 2.24) is 15.4 Å². The van der Waals surface area contributed by atoms with Gasteiger partial charge in [-0.2, -0.15) is 0 Å². The number of hydrazine groups is 1. The molecule has 2 aromatic carbocycles. The average Bonchev–Trinajstić information content (AvgIpc) is 2.70. The number of benzene rings is 2. The summed E-state index contributed by atoms with van der Waals surface area (Å²) in [6.45, 7) is 1.51. The summed E-state index contributed by atoms with van der Waals surface area (Å²) in [6.07, 6.45) is 1.56. The minimum absolute atomic E-state index is 0.00849. The first kappa shape index (κ1) is 18.8. The zero-order chi connectivity index (χ0) is 19.9. The van der Waals surface area contributed by atoms with E-state index in [0.29, 0.717) is 11.4 Å². The predicted molar refractivity (Wildman–Crippen MR) is 108 cm³/mol. The van der Waals surface area contributed by atoms with E-state index >= 15 is 0 Å². The van der Waals surface area contributed by atoms with Gasteiger partial charge in [0.15, 0.2) is 17.4 Å². The van der Waals surface area contributed by atoms with Gasteiger partial charge in [-0.25, -0.2) is 9.97 Å². The fraction of sp³-hybridized carbons (Fsp3) is 0.100. The first-order valence-corrected chi connectivity index (χ1v) is 8.60. The second kappa shape index (κ2) is 8.63. The molecule has 0 aliphatic rings. The third kappa shape index (κ3) is 4.82. The Morgan fingerprint density at radius 3 is 2.32 bits per heavy atom. The number of ketones is 1. The van der Waals surface area contributed by atoms with Crippen LogP contribution in [0, 0.1) is 0 Å². The molecule has 0 aliphatic heterocycles. The van der Waals surface area contributed by atoms with E-state index in [1.165, 1.54) is 13.3 Å². The Morgan fingerprint density at radius 2 is 1.64 bits per heavy atom. The van der Waals surface area contributed by atoms with Gasteiger partial charge >= 0.3 is 0 Å². The summed E-state index contributed by atoms with van der Waals surface area (Å²) in [4.78, 5) is 31.6. The molecule has 5 N–H and O–H groups in total. The van der Waals surface area contributed by atoms with Gasteiger partial charge in [0.05, 0.1) is 6.42 Å². The summed E-state index contributed by atoms with van der Waals surface area (Å²) in [5.74, 6) is 0.425. The van der Waals surface area contributed by atoms with Crippen molar-refractivity contribution in [2.45, 2.75) is 13.3 Å². The first-order chi connectivity index (χ1) is 13.5. The lowest BCUT2D eigenvalue weighted by Gasteiger charge is -2.13. The summed E-state index contributed by atoms with van der Waals surface area (Å²) >= 11 is 0. The maximum atomic E-state index is 12.1. The number of nitrogens with two attached hydrogens (primary N) is 1. The van der Waals surface area contributed by atoms with E-state index in [1.807, 2.05) is 30.3 Å². The van der Waals surface area contributed by atoms with Crippen LogP contribution < -0.4 is 21.9 Å². The standard InChI is InChI=1S/C20H20N6O2/c1-13(27)15-7-9-16(10-8-15)24-19-18(21)20(23-12-22-19)26-25-17(28)11-14-5-3-2-4-6-14/h2-10,12H,11,21H2,1H3,(H,25,28)(H2,22,23,24,26). The minimum atomic E-state index is -0.224. The first-order valence-electron chi connectivity index (χ1n) is 8.60. The number of carbonyl (C=O) groups is 2. The number of amides is 1. The normalized spacial score (nSPS) is 10.2. The predicted octanol–water partition coefficient (Wildman–Crippen LogP) is 2.69. The van der Waals surface area contributed by atoms with Crippen molar-refractivity contribution in [2.24, 2.45) is 0 Å². The van der Waals surface area contributed by atoms with E-state index in [0.717, 1.165) is 11.3 Å². The summed E-state index contributed by atoms with van der Waals surface area (Å²) < 4.78 is 0. The van der Waals surface area contributed by atoms with E-state index < -0.39 is 0 Å². The summed E-state index contributed by atoms with van der Waals surface area (Å²) in [7, 11) is 0. The minimum Gasteiger partial charge on any atom is -0.393 e. The SMILES string of the molecule is CC(=O)c1ccc(Nc2ncnc(NNC(=O)Cc3ccccc3)c2N)cc1. The number of nitrogens with one attached hydrogen (secondary N) is 3. The van der Waals surface area contributed by atoms with Gasteiger partial charge in [-0.05, 0) is 36.8 Å². The highest BCUT2D eigenvalue weighted by molar-refractivity contribution is 5.94. The molecule has 0 radical (unpaired) electrons. The van der Waals surface area contributed by atoms with Crippen molar-refractivity contribution in [2.75, 3.05) is 16.5 Å². The number of carbonyl (C=O) groups excluding carboxylic acids is 2. The van der Waals surface area contributed by atoms with Gasteiger partial charge in [0, 0.05) is 11.3 Å². The molecular weight excluding hydrogens is 356 g/mol. The average molecular weight is 376 g/mol. The Hall–Kier alpha value is -3.94. The fourth-order valence-corrected chi connectivity index (χ4v) is 2.47. The Bertz CT molecular complexity index is 974. The molecule has 8 heteroatoms. The lowest BCUT2D eigenvalue weighted by molar-refractivity contribution is -0.119. The van der Waals surface area contributed by atoms with E-state index in [-0.39, 0.29) is 29.6 Å². The smallest absolute Gasteiger partial charge is 0.242 e. The molecule has 0 bridgehead atoms. The number of hydrogen-bond acceptors (Lipinski definition) is 7. The Morgan fingerprint density at radius 1 is 0.964 bits per heavy atom. The van der Waals surface area contributed by atoms with Crippen molar-refractivity contribution >= 4 is 34.7 Å². The number of anilines is 4. The van der Waals surface area contributed by atoms with Crippen molar-refractivity contribution in [3.05, 3.63) is 72.1 Å². The largest absolute Gasteiger partial charge is 0.393 e. The van der Waals surface area contributed by atoms with Crippen LogP contribution in [0.5, 0.6) is 0 Å². The number of Topliss-reactive ketones (excluding diaryl/α,β-unsaturated/α-hetero) is 1. The van der Waals surface area contributed by atoms with Crippen LogP contribution in [0.4, 0.5) is 23.0 Å². The zero-order valence-electron chi connectivity index (χ0n) is 15.3. The van der Waals surface area contributed by atoms with Gasteiger partial charge in [0.25, 0.3) is 0 Å². The van der Waals surface area contributed by atoms with E-state index in [9.17, 15) is 9.59 Å². The molecule has 3 aromatic rings. The maximum absolute atomic E-state index is 12.1. The maximum Gasteiger partial charge on any atom is 0.242 e. The van der Waals surface area contributed by atoms with Crippen LogP contribution in [0.15, 0.2) is 60.9 Å². The molecule has 28 heavy (non-hydrogen) atoms. The van der Waals surface area contributed by atoms with E-state index in [1.54, 1.807) is 24.3 Å². The topological polar surface area (TPSA) is 122 Å². The molecule has 142 valence electrons. The van der Waals surface area contributed by atoms with Gasteiger partial charge in [-0.3, -0.25) is 20.4 Å². The molecule has 1 aromatic heterocycles. The van der Waals surface area contributed by atoms with Crippen molar-refractivity contribution in [3.63, 3.8) is 0 Å². The summed E-state index contributed by atoms with van der Waals surface area (Å²) in [5.41, 5.74) is 13.9. The summed E-state index contributed by atoms with van der Waals surface area (Å²) in [6, 6.07) is 16.3. The molecule has 1 heterocycles. The zero-order valence-corrected chi connectivity index (χ0v) is 15.3. The van der Waals surface area contributed by atoms with Crippen LogP contribution in [0.3, 0.4) is 0 Å². The van der Waals surface area contributed by atoms with Gasteiger partial charge < -0.3 is 11.1 Å². The van der Waals surface area contributed by atoms with Crippen molar-refractivity contribution in [3.8, 4) is 0 Å². The van der Waals surface area contributed by atoms with E-state index in [4.69, 9.17) is 5.73 Å². The molecule has 0 aliphatic carbocycles. The van der Waals surface area contributed by atoms with Gasteiger partial charge in [-0.1, -0.05) is 30.3 Å². The van der Waals surface area contributed by atoms with Crippen LogP contribution in [0.25, 0.3) is 0 Å². The molecule has 0 spiro atoms. The molecule has 3 rings (SSSR count). The van der Waals surface area contributed by atoms with Crippen LogP contribution in [0.1, 0.15) is 22.8 Å². The molecular formula is C20H20N6O2. The Balaban J connectivity index is 1.63. The van der Waals surface area contributed by atoms with Crippen molar-refractivity contribution < 1.29 is 9.59 Å². The fourth-order valence-electron chi connectivity index (χ4n) is 2.47. The van der Waals surface area contributed by atoms with Crippen LogP contribution >= 0.6 is 0 Å². The highest BCUT2D eigenvalue weighted by atomic mass is 16.2. The highest BCUT2D eigenvalue weighted by Crippen LogP contribution is 2.25. The number of aromatic nitrogens is 2. The quantitative estimate of drug-likeness (QED) is 0.369. The number of nitrogen functional groups attached to an aromatic ring is 1. The second-order valence-corrected chi connectivity index (χ2v) is 6.08. The third-order valence-electron chi connectivity index (χ3n) is 3.97. The molecule has 0 unspecified atom stereocenters. The molecule has 0 saturated carbocycles. The highest BCUT2D eigenvalue weighted by Gasteiger charge is 2.10. The van der Waals surface area contributed by atoms with Crippen LogP contribution in [-0.4, -0.2) is 21.7 Å². The number of nitrogens with zero attached hydrogens (tertiary/aromatic N) is 2. The van der Waals surface area contributed by atoms with Crippen LogP contribution in [0.2, 0.25) is 0 Å². The summed E-state index contributed by atoms with van der Waals surface area (Å²) in [5, 5.41) is 3.07. The van der Waals surface area contributed by atoms with Gasteiger partial charge in [0.2, 0.25) is 5.91 Å². The number of rotatable bonds is 7. The molecule has 0 saturated heterocycles. The Kier molecular flexibility index (Phi) is 5.81. The molecule has 1 amide bonds. The van der Waals surface area contributed by atoms with Gasteiger partial charge in [0.1, 0.15) is 12.0 Å². The van der Waals surface area contributed by atoms with Crippen molar-refractivity contribution in [1.29, 1.82) is 0 Å². The Labute approximate surface area is 162 Å². The lowest BCUT2D eigenvalue weighted by atomic mass is 10.1. The van der Waals surface area contributed by atoms with E-state index in [2.05, 4.69) is 26.1 Å². The second-order valence-electron chi connectivity index (χ2n) is 6.08. The molecule has 8 nitrogen and oxygen atoms in total. The number of hydrogen-bond donors (Lipinski definition) is 4. The molecule has 0 atom stereocenters. The van der Waals surface area contributed by atoms with Gasteiger partial charge in [-0.15, -0.1) is 0 Å². The molecule has 0 fully saturated rings. The third-order valence-corrected chi connectivity index (χ3v) is 3.97. The monoisotopic (exact) mass is 376 g/mol. The lowest BCUT2D eigenvalue weighted by Crippen LogP contribution is -2.31.